The fraction of sp³-hybridized carbons (Fsp3) is 0.840. The van der Waals surface area contributed by atoms with Gasteiger partial charge in [-0.15, -0.1) is 0 Å². The predicted molar refractivity (Wildman–Crippen MR) is 111 cm³/mol. The lowest BCUT2D eigenvalue weighted by atomic mass is 9.46. The molecule has 0 aliphatic heterocycles. The molecule has 0 heterocycles. The van der Waals surface area contributed by atoms with Gasteiger partial charge in [0.1, 0.15) is 0 Å². The lowest BCUT2D eigenvalue weighted by molar-refractivity contribution is -0.0502. The summed E-state index contributed by atoms with van der Waals surface area (Å²) in [5.74, 6) is 4.02. The minimum absolute atomic E-state index is 0.510. The Morgan fingerprint density at radius 3 is 2.36 bits per heavy atom. The molecule has 0 aromatic heterocycles. The summed E-state index contributed by atoms with van der Waals surface area (Å²) in [6, 6.07) is 0. The van der Waals surface area contributed by atoms with Crippen LogP contribution in [0.4, 0.5) is 0 Å². The quantitative estimate of drug-likeness (QED) is 0.453. The maximum absolute atomic E-state index is 4.25. The second-order valence-electron chi connectivity index (χ2n) is 10.1. The Morgan fingerprint density at radius 2 is 1.68 bits per heavy atom. The summed E-state index contributed by atoms with van der Waals surface area (Å²) >= 11 is 0. The van der Waals surface area contributed by atoms with Gasteiger partial charge in [0.25, 0.3) is 0 Å². The van der Waals surface area contributed by atoms with Gasteiger partial charge in [-0.3, -0.25) is 0 Å². The van der Waals surface area contributed by atoms with Crippen molar-refractivity contribution in [2.75, 3.05) is 0 Å². The summed E-state index contributed by atoms with van der Waals surface area (Å²) in [7, 11) is 0. The average Bonchev–Trinajstić information content (AvgIpc) is 2.92. The van der Waals surface area contributed by atoms with Gasteiger partial charge in [0, 0.05) is 0 Å². The molecule has 0 amide bonds. The van der Waals surface area contributed by atoms with Crippen LogP contribution < -0.4 is 0 Å². The van der Waals surface area contributed by atoms with Gasteiger partial charge in [0.2, 0.25) is 0 Å². The summed E-state index contributed by atoms with van der Waals surface area (Å²) in [4.78, 5) is 0. The Bertz CT molecular complexity index is 526. The molecule has 0 N–H and O–H groups in total. The summed E-state index contributed by atoms with van der Waals surface area (Å²) in [5, 5.41) is 0. The van der Waals surface area contributed by atoms with E-state index >= 15 is 0 Å². The molecule has 3 fully saturated rings. The van der Waals surface area contributed by atoms with Gasteiger partial charge in [-0.05, 0) is 85.9 Å². The van der Waals surface area contributed by atoms with Crippen molar-refractivity contribution in [3.05, 3.63) is 23.8 Å². The molecule has 0 spiro atoms. The van der Waals surface area contributed by atoms with Crippen LogP contribution in [-0.2, 0) is 0 Å². The van der Waals surface area contributed by atoms with Crippen molar-refractivity contribution in [2.45, 2.75) is 98.8 Å². The second-order valence-corrected chi connectivity index (χ2v) is 10.1. The molecular formula is C25H42. The maximum atomic E-state index is 4.25. The molecule has 0 radical (unpaired) electrons. The molecule has 4 rings (SSSR count). The van der Waals surface area contributed by atoms with Crippen molar-refractivity contribution < 1.29 is 0 Å². The number of hydrogen-bond acceptors (Lipinski definition) is 0. The zero-order valence-corrected chi connectivity index (χ0v) is 17.7. The van der Waals surface area contributed by atoms with E-state index in [1.807, 2.05) is 0 Å². The third-order valence-electron chi connectivity index (χ3n) is 8.77. The Balaban J connectivity index is 0.000000569. The first-order chi connectivity index (χ1) is 11.9. The highest BCUT2D eigenvalue weighted by molar-refractivity contribution is 5.33. The molecule has 0 bridgehead atoms. The Hall–Kier alpha value is -0.520. The maximum Gasteiger partial charge on any atom is -0.00790 e. The van der Waals surface area contributed by atoms with E-state index in [-0.39, 0.29) is 0 Å². The van der Waals surface area contributed by atoms with Crippen molar-refractivity contribution in [3.8, 4) is 0 Å². The minimum Gasteiger partial charge on any atom is -0.0958 e. The van der Waals surface area contributed by atoms with Crippen LogP contribution in [0.1, 0.15) is 98.8 Å². The highest BCUT2D eigenvalue weighted by atomic mass is 14.6. The topological polar surface area (TPSA) is 0 Å². The molecule has 142 valence electrons. The van der Waals surface area contributed by atoms with Gasteiger partial charge in [0.15, 0.2) is 0 Å². The van der Waals surface area contributed by atoms with Crippen LogP contribution in [0.5, 0.6) is 0 Å². The third kappa shape index (κ3) is 3.06. The Labute approximate surface area is 157 Å². The first kappa shape index (κ1) is 19.2. The first-order valence-electron chi connectivity index (χ1n) is 11.3. The van der Waals surface area contributed by atoms with E-state index < -0.39 is 0 Å². The molecule has 4 aliphatic rings. The van der Waals surface area contributed by atoms with Crippen molar-refractivity contribution in [2.24, 2.45) is 34.5 Å². The van der Waals surface area contributed by atoms with Crippen molar-refractivity contribution >= 4 is 0 Å². The lowest BCUT2D eigenvalue weighted by Crippen LogP contribution is -2.50. The SMILES string of the molecule is C=C1C=C2CCC3C4CCC(CC)[C@@]4(C)CCC3[C@@]2(C)CC1.CCC. The van der Waals surface area contributed by atoms with Crippen LogP contribution in [0.15, 0.2) is 23.8 Å². The predicted octanol–water partition coefficient (Wildman–Crippen LogP) is 7.95. The highest BCUT2D eigenvalue weighted by Crippen LogP contribution is 2.67. The second kappa shape index (κ2) is 7.24. The molecule has 4 aliphatic carbocycles. The Kier molecular flexibility index (Phi) is 5.57. The summed E-state index contributed by atoms with van der Waals surface area (Å²) in [5.41, 5.74) is 4.33. The monoisotopic (exact) mass is 342 g/mol. The zero-order chi connectivity index (χ0) is 18.2. The summed E-state index contributed by atoms with van der Waals surface area (Å²) in [6.45, 7) is 16.2. The molecule has 0 nitrogen and oxygen atoms in total. The van der Waals surface area contributed by atoms with Gasteiger partial charge in [-0.2, -0.15) is 0 Å². The van der Waals surface area contributed by atoms with Gasteiger partial charge in [-0.25, -0.2) is 0 Å². The van der Waals surface area contributed by atoms with Crippen LogP contribution in [-0.4, -0.2) is 0 Å². The Morgan fingerprint density at radius 1 is 0.960 bits per heavy atom. The number of hydrogen-bond donors (Lipinski definition) is 0. The van der Waals surface area contributed by atoms with Crippen LogP contribution in [0.3, 0.4) is 0 Å². The van der Waals surface area contributed by atoms with Gasteiger partial charge >= 0.3 is 0 Å². The smallest absolute Gasteiger partial charge is 0.00790 e. The molecule has 6 atom stereocenters. The molecule has 0 saturated heterocycles. The molecule has 0 heteroatoms. The molecule has 0 aromatic carbocycles. The van der Waals surface area contributed by atoms with E-state index in [9.17, 15) is 0 Å². The average molecular weight is 343 g/mol. The van der Waals surface area contributed by atoms with E-state index in [0.29, 0.717) is 10.8 Å². The normalized spacial score (nSPS) is 45.5. The number of allylic oxidation sites excluding steroid dienone is 3. The third-order valence-corrected chi connectivity index (χ3v) is 8.77. The first-order valence-corrected chi connectivity index (χ1v) is 11.3. The number of fused-ring (bicyclic) bond motifs is 5. The molecule has 25 heavy (non-hydrogen) atoms. The highest BCUT2D eigenvalue weighted by Gasteiger charge is 2.58. The van der Waals surface area contributed by atoms with Gasteiger partial charge in [-0.1, -0.05) is 71.3 Å². The van der Waals surface area contributed by atoms with Gasteiger partial charge < -0.3 is 0 Å². The summed E-state index contributed by atoms with van der Waals surface area (Å²) < 4.78 is 0. The summed E-state index contributed by atoms with van der Waals surface area (Å²) in [6.07, 6.45) is 16.6. The van der Waals surface area contributed by atoms with E-state index in [4.69, 9.17) is 0 Å². The van der Waals surface area contributed by atoms with Crippen LogP contribution in [0.25, 0.3) is 0 Å². The molecular weight excluding hydrogens is 300 g/mol. The van der Waals surface area contributed by atoms with Crippen LogP contribution >= 0.6 is 0 Å². The minimum atomic E-state index is 0.510. The standard InChI is InChI=1S/C22H34.C3H8/c1-5-16-7-9-19-18-8-6-17-14-15(2)10-12-22(17,4)20(18)11-13-21(16,19)3;1-3-2/h14,16,18-20H,2,5-13H2,1,3-4H3;3H2,1-2H3/t16?,18?,19?,20?,21-,22+;/m1./s1. The van der Waals surface area contributed by atoms with E-state index in [1.54, 1.807) is 5.57 Å². The van der Waals surface area contributed by atoms with E-state index in [0.717, 1.165) is 23.7 Å². The van der Waals surface area contributed by atoms with E-state index in [2.05, 4.69) is 47.3 Å². The lowest BCUT2D eigenvalue weighted by Gasteiger charge is -2.58. The van der Waals surface area contributed by atoms with E-state index in [1.165, 1.54) is 69.8 Å². The van der Waals surface area contributed by atoms with Crippen molar-refractivity contribution in [1.29, 1.82) is 0 Å². The van der Waals surface area contributed by atoms with Crippen molar-refractivity contribution in [1.82, 2.24) is 0 Å². The van der Waals surface area contributed by atoms with Crippen LogP contribution in [0, 0.1) is 34.5 Å². The number of rotatable bonds is 1. The van der Waals surface area contributed by atoms with Gasteiger partial charge in [0.05, 0.1) is 0 Å². The largest absolute Gasteiger partial charge is 0.0958 e. The van der Waals surface area contributed by atoms with Crippen molar-refractivity contribution in [3.63, 3.8) is 0 Å². The fourth-order valence-electron chi connectivity index (χ4n) is 7.43. The fourth-order valence-corrected chi connectivity index (χ4v) is 7.43. The molecule has 3 saturated carbocycles. The molecule has 0 aromatic rings. The molecule has 4 unspecified atom stereocenters. The van der Waals surface area contributed by atoms with Crippen LogP contribution in [0.2, 0.25) is 0 Å². The zero-order valence-electron chi connectivity index (χ0n) is 17.7.